The topological polar surface area (TPSA) is 55.2 Å². The molecule has 0 unspecified atom stereocenters. The molecule has 0 spiro atoms. The van der Waals surface area contributed by atoms with E-state index in [4.69, 9.17) is 0 Å². The van der Waals surface area contributed by atoms with Gasteiger partial charge in [0.05, 0.1) is 20.9 Å². The first-order valence-corrected chi connectivity index (χ1v) is 7.87. The predicted molar refractivity (Wildman–Crippen MR) is 73.6 cm³/mol. The lowest BCUT2D eigenvalue weighted by atomic mass is 10.1. The van der Waals surface area contributed by atoms with Crippen LogP contribution in [0.5, 0.6) is 0 Å². The van der Waals surface area contributed by atoms with E-state index in [1.54, 1.807) is 6.33 Å². The van der Waals surface area contributed by atoms with Crippen molar-refractivity contribution in [2.45, 2.75) is 20.3 Å². The van der Waals surface area contributed by atoms with Gasteiger partial charge in [-0.05, 0) is 38.0 Å². The molecular weight excluding hydrogens is 246 g/mol. The van der Waals surface area contributed by atoms with Crippen LogP contribution in [0.1, 0.15) is 17.7 Å². The first kappa shape index (κ1) is 11.6. The van der Waals surface area contributed by atoms with Crippen LogP contribution >= 0.6 is 0 Å². The standard InChI is InChI=1S/C13H15N3OS/c1-9-6-11(16-18(17)4-3-5-18)7-12-13(9)10(2)14-8-15-12/h6-8H,3-5H2,1-2H3. The summed E-state index contributed by atoms with van der Waals surface area (Å²) in [5.41, 5.74) is 3.72. The zero-order valence-electron chi connectivity index (χ0n) is 10.5. The molecule has 3 rings (SSSR count). The van der Waals surface area contributed by atoms with Crippen molar-refractivity contribution in [1.82, 2.24) is 9.97 Å². The Morgan fingerprint density at radius 3 is 2.67 bits per heavy atom. The zero-order chi connectivity index (χ0) is 12.8. The fraction of sp³-hybridized carbons (Fsp3) is 0.385. The quantitative estimate of drug-likeness (QED) is 0.793. The van der Waals surface area contributed by atoms with Crippen molar-refractivity contribution in [3.8, 4) is 0 Å². The summed E-state index contributed by atoms with van der Waals surface area (Å²) in [4.78, 5) is 8.47. The second-order valence-electron chi connectivity index (χ2n) is 4.74. The Balaban J connectivity index is 2.22. The van der Waals surface area contributed by atoms with Gasteiger partial charge in [-0.3, -0.25) is 0 Å². The third-order valence-electron chi connectivity index (χ3n) is 3.31. The Morgan fingerprint density at radius 2 is 2.00 bits per heavy atom. The summed E-state index contributed by atoms with van der Waals surface area (Å²) >= 11 is 0. The summed E-state index contributed by atoms with van der Waals surface area (Å²) in [6, 6.07) is 3.88. The molecule has 4 nitrogen and oxygen atoms in total. The third-order valence-corrected chi connectivity index (χ3v) is 5.70. The number of aryl methyl sites for hydroxylation is 2. The van der Waals surface area contributed by atoms with Crippen molar-refractivity contribution >= 4 is 26.3 Å². The normalized spacial score (nSPS) is 17.4. The van der Waals surface area contributed by atoms with Crippen LogP contribution in [-0.2, 0) is 9.73 Å². The van der Waals surface area contributed by atoms with Crippen LogP contribution in [0.15, 0.2) is 22.8 Å². The highest BCUT2D eigenvalue weighted by Gasteiger charge is 2.19. The van der Waals surface area contributed by atoms with Crippen molar-refractivity contribution in [2.24, 2.45) is 4.36 Å². The van der Waals surface area contributed by atoms with Gasteiger partial charge in [0.25, 0.3) is 0 Å². The van der Waals surface area contributed by atoms with E-state index < -0.39 is 9.73 Å². The van der Waals surface area contributed by atoms with Gasteiger partial charge in [0.1, 0.15) is 6.33 Å². The fourth-order valence-corrected chi connectivity index (χ4v) is 3.75. The van der Waals surface area contributed by atoms with Gasteiger partial charge in [-0.1, -0.05) is 0 Å². The molecule has 1 saturated heterocycles. The second-order valence-corrected chi connectivity index (χ2v) is 7.29. The summed E-state index contributed by atoms with van der Waals surface area (Å²) in [6.45, 7) is 3.99. The molecule has 2 aromatic rings. The molecular formula is C13H15N3OS. The maximum Gasteiger partial charge on any atom is 0.116 e. The van der Waals surface area contributed by atoms with Crippen LogP contribution < -0.4 is 0 Å². The van der Waals surface area contributed by atoms with Crippen molar-refractivity contribution < 1.29 is 4.21 Å². The van der Waals surface area contributed by atoms with Crippen molar-refractivity contribution in [3.05, 3.63) is 29.7 Å². The van der Waals surface area contributed by atoms with Crippen LogP contribution in [0.2, 0.25) is 0 Å². The minimum atomic E-state index is -1.96. The van der Waals surface area contributed by atoms with Crippen LogP contribution in [-0.4, -0.2) is 25.7 Å². The minimum Gasteiger partial charge on any atom is -0.249 e. The Labute approximate surface area is 107 Å². The number of nitrogens with zero attached hydrogens (tertiary/aromatic N) is 3. The van der Waals surface area contributed by atoms with Crippen LogP contribution in [0.3, 0.4) is 0 Å². The van der Waals surface area contributed by atoms with Gasteiger partial charge in [-0.2, -0.15) is 4.36 Å². The van der Waals surface area contributed by atoms with Gasteiger partial charge < -0.3 is 0 Å². The highest BCUT2D eigenvalue weighted by molar-refractivity contribution is 7.95. The monoisotopic (exact) mass is 261 g/mol. The molecule has 0 amide bonds. The molecule has 5 heteroatoms. The smallest absolute Gasteiger partial charge is 0.116 e. The molecule has 1 aliphatic heterocycles. The van der Waals surface area contributed by atoms with Gasteiger partial charge in [-0.25, -0.2) is 14.2 Å². The molecule has 0 N–H and O–H groups in total. The Bertz CT molecular complexity index is 735. The van der Waals surface area contributed by atoms with Crippen LogP contribution in [0.4, 0.5) is 5.69 Å². The van der Waals surface area contributed by atoms with Gasteiger partial charge in [0, 0.05) is 22.6 Å². The predicted octanol–water partition coefficient (Wildman–Crippen LogP) is 2.75. The summed E-state index contributed by atoms with van der Waals surface area (Å²) < 4.78 is 16.5. The van der Waals surface area contributed by atoms with E-state index in [9.17, 15) is 4.21 Å². The average molecular weight is 261 g/mol. The van der Waals surface area contributed by atoms with Crippen molar-refractivity contribution in [3.63, 3.8) is 0 Å². The lowest BCUT2D eigenvalue weighted by Gasteiger charge is -2.18. The Kier molecular flexibility index (Phi) is 2.59. The van der Waals surface area contributed by atoms with Crippen molar-refractivity contribution in [2.75, 3.05) is 11.5 Å². The number of aromatic nitrogens is 2. The average Bonchev–Trinajstić information content (AvgIpc) is 2.26. The van der Waals surface area contributed by atoms with Crippen LogP contribution in [0.25, 0.3) is 10.9 Å². The second kappa shape index (κ2) is 4.02. The zero-order valence-corrected chi connectivity index (χ0v) is 11.3. The molecule has 1 aromatic heterocycles. The maximum atomic E-state index is 12.1. The highest BCUT2D eigenvalue weighted by Crippen LogP contribution is 2.28. The molecule has 18 heavy (non-hydrogen) atoms. The summed E-state index contributed by atoms with van der Waals surface area (Å²) in [7, 11) is -1.96. The molecule has 1 fully saturated rings. The first-order valence-electron chi connectivity index (χ1n) is 6.02. The van der Waals surface area contributed by atoms with E-state index >= 15 is 0 Å². The van der Waals surface area contributed by atoms with Crippen molar-refractivity contribution in [1.29, 1.82) is 0 Å². The fourth-order valence-electron chi connectivity index (χ4n) is 2.29. The van der Waals surface area contributed by atoms with E-state index in [1.807, 2.05) is 26.0 Å². The Morgan fingerprint density at radius 1 is 1.22 bits per heavy atom. The number of benzene rings is 1. The van der Waals surface area contributed by atoms with E-state index in [-0.39, 0.29) is 0 Å². The molecule has 0 radical (unpaired) electrons. The van der Waals surface area contributed by atoms with E-state index in [1.165, 1.54) is 0 Å². The molecule has 0 aliphatic carbocycles. The summed E-state index contributed by atoms with van der Waals surface area (Å²) in [5, 5.41) is 1.07. The van der Waals surface area contributed by atoms with E-state index in [2.05, 4.69) is 14.3 Å². The summed E-state index contributed by atoms with van der Waals surface area (Å²) in [5.74, 6) is 1.46. The molecule has 0 atom stereocenters. The van der Waals surface area contributed by atoms with Gasteiger partial charge >= 0.3 is 0 Å². The largest absolute Gasteiger partial charge is 0.249 e. The molecule has 0 bridgehead atoms. The third kappa shape index (κ3) is 1.88. The maximum absolute atomic E-state index is 12.1. The number of hydrogen-bond acceptors (Lipinski definition) is 4. The van der Waals surface area contributed by atoms with E-state index in [0.29, 0.717) is 0 Å². The van der Waals surface area contributed by atoms with Gasteiger partial charge in [0.2, 0.25) is 0 Å². The van der Waals surface area contributed by atoms with Crippen LogP contribution in [0, 0.1) is 13.8 Å². The minimum absolute atomic E-state index is 0.729. The van der Waals surface area contributed by atoms with Gasteiger partial charge in [-0.15, -0.1) is 0 Å². The Hall–Kier alpha value is -1.49. The summed E-state index contributed by atoms with van der Waals surface area (Å²) in [6.07, 6.45) is 2.58. The molecule has 1 aliphatic rings. The lowest BCUT2D eigenvalue weighted by molar-refractivity contribution is 0.663. The lowest BCUT2D eigenvalue weighted by Crippen LogP contribution is -2.22. The molecule has 2 heterocycles. The first-order chi connectivity index (χ1) is 8.57. The molecule has 94 valence electrons. The van der Waals surface area contributed by atoms with Gasteiger partial charge in [0.15, 0.2) is 0 Å². The number of hydrogen-bond donors (Lipinski definition) is 0. The molecule has 0 saturated carbocycles. The van der Waals surface area contributed by atoms with E-state index in [0.717, 1.165) is 45.8 Å². The number of rotatable bonds is 1. The SMILES string of the molecule is Cc1cc(N=S2(=O)CCC2)cc2ncnc(C)c12. The highest BCUT2D eigenvalue weighted by atomic mass is 32.2. The number of fused-ring (bicyclic) bond motifs is 1. The molecule has 1 aromatic carbocycles.